The molecule has 2 rings (SSSR count). The number of hydrogen-bond acceptors (Lipinski definition) is 3. The molecule has 2 unspecified atom stereocenters. The first-order valence-corrected chi connectivity index (χ1v) is 5.93. The Morgan fingerprint density at radius 1 is 1.47 bits per heavy atom. The van der Waals surface area contributed by atoms with E-state index in [0.717, 1.165) is 5.69 Å². The Kier molecular flexibility index (Phi) is 3.54. The molecule has 4 nitrogen and oxygen atoms in total. The highest BCUT2D eigenvalue weighted by molar-refractivity contribution is 6.30. The van der Waals surface area contributed by atoms with Crippen molar-refractivity contribution in [3.05, 3.63) is 29.3 Å². The summed E-state index contributed by atoms with van der Waals surface area (Å²) in [6.07, 6.45) is 0. The number of hydrogen-bond donors (Lipinski definition) is 2. The van der Waals surface area contributed by atoms with Crippen LogP contribution in [0.5, 0.6) is 0 Å². The third kappa shape index (κ3) is 2.37. The van der Waals surface area contributed by atoms with Crippen molar-refractivity contribution in [2.75, 3.05) is 18.1 Å². The molecule has 2 atom stereocenters. The average molecular weight is 255 g/mol. The molecule has 1 aromatic rings. The Bertz CT molecular complexity index is 407. The van der Waals surface area contributed by atoms with E-state index in [1.54, 1.807) is 12.1 Å². The van der Waals surface area contributed by atoms with Gasteiger partial charge in [-0.2, -0.15) is 0 Å². The number of aliphatic hydroxyl groups is 1. The van der Waals surface area contributed by atoms with E-state index >= 15 is 0 Å². The fraction of sp³-hybridized carbons (Fsp3) is 0.417. The fourth-order valence-electron chi connectivity index (χ4n) is 2.12. The number of amides is 1. The van der Waals surface area contributed by atoms with Crippen LogP contribution in [0.4, 0.5) is 5.69 Å². The summed E-state index contributed by atoms with van der Waals surface area (Å²) in [5.74, 6) is -0.138. The van der Waals surface area contributed by atoms with E-state index in [1.807, 2.05) is 24.0 Å². The van der Waals surface area contributed by atoms with Crippen LogP contribution >= 0.6 is 11.6 Å². The molecule has 1 saturated heterocycles. The lowest BCUT2D eigenvalue weighted by molar-refractivity contribution is -0.124. The molecule has 92 valence electrons. The average Bonchev–Trinajstić information content (AvgIpc) is 2.33. The maximum absolute atomic E-state index is 11.7. The van der Waals surface area contributed by atoms with Crippen molar-refractivity contribution in [3.63, 3.8) is 0 Å². The first-order valence-electron chi connectivity index (χ1n) is 5.56. The van der Waals surface area contributed by atoms with Crippen LogP contribution in [0.2, 0.25) is 5.02 Å². The van der Waals surface area contributed by atoms with Gasteiger partial charge in [0.15, 0.2) is 0 Å². The third-order valence-corrected chi connectivity index (χ3v) is 3.23. The molecular formula is C12H15ClN2O2. The van der Waals surface area contributed by atoms with Gasteiger partial charge >= 0.3 is 0 Å². The van der Waals surface area contributed by atoms with Crippen LogP contribution in [-0.2, 0) is 4.79 Å². The number of rotatable bonds is 2. The van der Waals surface area contributed by atoms with Crippen LogP contribution in [0.3, 0.4) is 0 Å². The Balaban J connectivity index is 2.32. The summed E-state index contributed by atoms with van der Waals surface area (Å²) in [6, 6.07) is 6.90. The van der Waals surface area contributed by atoms with Crippen molar-refractivity contribution in [1.29, 1.82) is 0 Å². The maximum Gasteiger partial charge on any atom is 0.245 e. The van der Waals surface area contributed by atoms with E-state index in [1.165, 1.54) is 0 Å². The van der Waals surface area contributed by atoms with Gasteiger partial charge in [0.25, 0.3) is 0 Å². The van der Waals surface area contributed by atoms with Gasteiger partial charge in [-0.25, -0.2) is 0 Å². The number of piperazine rings is 1. The van der Waals surface area contributed by atoms with Gasteiger partial charge in [-0.3, -0.25) is 4.79 Å². The summed E-state index contributed by atoms with van der Waals surface area (Å²) >= 11 is 5.84. The quantitative estimate of drug-likeness (QED) is 0.829. The molecule has 0 aliphatic carbocycles. The lowest BCUT2D eigenvalue weighted by atomic mass is 10.1. The zero-order valence-electron chi connectivity index (χ0n) is 9.56. The van der Waals surface area contributed by atoms with E-state index in [-0.39, 0.29) is 18.6 Å². The third-order valence-electron chi connectivity index (χ3n) is 2.98. The number of nitrogens with zero attached hydrogens (tertiary/aromatic N) is 1. The van der Waals surface area contributed by atoms with Crippen molar-refractivity contribution in [2.24, 2.45) is 0 Å². The molecular weight excluding hydrogens is 240 g/mol. The zero-order valence-corrected chi connectivity index (χ0v) is 10.3. The minimum absolute atomic E-state index is 0.138. The molecule has 17 heavy (non-hydrogen) atoms. The van der Waals surface area contributed by atoms with Crippen LogP contribution < -0.4 is 10.2 Å². The highest BCUT2D eigenvalue weighted by atomic mass is 35.5. The maximum atomic E-state index is 11.7. The van der Waals surface area contributed by atoms with Crippen LogP contribution in [0.25, 0.3) is 0 Å². The van der Waals surface area contributed by atoms with Crippen molar-refractivity contribution in [3.8, 4) is 0 Å². The molecule has 0 bridgehead atoms. The lowest BCUT2D eigenvalue weighted by Crippen LogP contribution is -2.61. The smallest absolute Gasteiger partial charge is 0.245 e. The second kappa shape index (κ2) is 4.94. The highest BCUT2D eigenvalue weighted by Crippen LogP contribution is 2.24. The molecule has 1 aromatic carbocycles. The van der Waals surface area contributed by atoms with E-state index in [4.69, 9.17) is 11.6 Å². The number of carbonyl (C=O) groups excluding carboxylic acids is 1. The molecule has 1 heterocycles. The van der Waals surface area contributed by atoms with Crippen molar-refractivity contribution in [1.82, 2.24) is 5.32 Å². The first kappa shape index (κ1) is 12.2. The Hall–Kier alpha value is -1.26. The van der Waals surface area contributed by atoms with Crippen LogP contribution in [0, 0.1) is 0 Å². The fourth-order valence-corrected chi connectivity index (χ4v) is 2.24. The number of aliphatic hydroxyl groups excluding tert-OH is 1. The molecule has 1 aliphatic rings. The second-order valence-electron chi connectivity index (χ2n) is 4.18. The molecule has 2 N–H and O–H groups in total. The van der Waals surface area contributed by atoms with E-state index in [9.17, 15) is 9.90 Å². The van der Waals surface area contributed by atoms with Gasteiger partial charge in [0, 0.05) is 23.3 Å². The van der Waals surface area contributed by atoms with E-state index in [2.05, 4.69) is 5.32 Å². The Labute approximate surface area is 105 Å². The van der Waals surface area contributed by atoms with Gasteiger partial charge in [-0.1, -0.05) is 11.6 Å². The Morgan fingerprint density at radius 3 is 2.71 bits per heavy atom. The Morgan fingerprint density at radius 2 is 2.12 bits per heavy atom. The SMILES string of the molecule is CC1CNC(=O)C(CO)N1c1ccc(Cl)cc1. The van der Waals surface area contributed by atoms with Gasteiger partial charge < -0.3 is 15.3 Å². The molecule has 1 aliphatic heterocycles. The summed E-state index contributed by atoms with van der Waals surface area (Å²) in [4.78, 5) is 13.6. The van der Waals surface area contributed by atoms with Crippen LogP contribution in [-0.4, -0.2) is 36.2 Å². The monoisotopic (exact) mass is 254 g/mol. The van der Waals surface area contributed by atoms with Crippen LogP contribution in [0.15, 0.2) is 24.3 Å². The van der Waals surface area contributed by atoms with Gasteiger partial charge in [-0.15, -0.1) is 0 Å². The first-order chi connectivity index (χ1) is 8.13. The number of benzene rings is 1. The topological polar surface area (TPSA) is 52.6 Å². The number of halogens is 1. The summed E-state index contributed by atoms with van der Waals surface area (Å²) in [6.45, 7) is 2.40. The molecule has 5 heteroatoms. The summed E-state index contributed by atoms with van der Waals surface area (Å²) in [7, 11) is 0. The molecule has 0 radical (unpaired) electrons. The summed E-state index contributed by atoms with van der Waals surface area (Å²) in [5.41, 5.74) is 0.899. The largest absolute Gasteiger partial charge is 0.394 e. The highest BCUT2D eigenvalue weighted by Gasteiger charge is 2.33. The van der Waals surface area contributed by atoms with Crippen LogP contribution in [0.1, 0.15) is 6.92 Å². The number of nitrogens with one attached hydrogen (secondary N) is 1. The standard InChI is InChI=1S/C12H15ClN2O2/c1-8-6-14-12(17)11(7-16)15(8)10-4-2-9(13)3-5-10/h2-5,8,11,16H,6-7H2,1H3,(H,14,17). The number of anilines is 1. The lowest BCUT2D eigenvalue weighted by Gasteiger charge is -2.40. The van der Waals surface area contributed by atoms with Gasteiger partial charge in [0.1, 0.15) is 6.04 Å². The predicted octanol–water partition coefficient (Wildman–Crippen LogP) is 1.03. The van der Waals surface area contributed by atoms with Gasteiger partial charge in [-0.05, 0) is 31.2 Å². The summed E-state index contributed by atoms with van der Waals surface area (Å²) < 4.78 is 0. The van der Waals surface area contributed by atoms with Gasteiger partial charge in [0.05, 0.1) is 6.61 Å². The molecule has 0 spiro atoms. The predicted molar refractivity (Wildman–Crippen MR) is 67.3 cm³/mol. The van der Waals surface area contributed by atoms with E-state index in [0.29, 0.717) is 11.6 Å². The van der Waals surface area contributed by atoms with Crippen molar-refractivity contribution >= 4 is 23.2 Å². The van der Waals surface area contributed by atoms with Crippen molar-refractivity contribution < 1.29 is 9.90 Å². The van der Waals surface area contributed by atoms with Crippen molar-refractivity contribution in [2.45, 2.75) is 19.0 Å². The molecule has 0 saturated carbocycles. The normalized spacial score (nSPS) is 24.6. The minimum Gasteiger partial charge on any atom is -0.394 e. The minimum atomic E-state index is -0.528. The zero-order chi connectivity index (χ0) is 12.4. The molecule has 1 amide bonds. The number of carbonyl (C=O) groups is 1. The van der Waals surface area contributed by atoms with Gasteiger partial charge in [0.2, 0.25) is 5.91 Å². The second-order valence-corrected chi connectivity index (χ2v) is 4.61. The molecule has 0 aromatic heterocycles. The molecule has 1 fully saturated rings. The van der Waals surface area contributed by atoms with E-state index < -0.39 is 6.04 Å². The summed E-state index contributed by atoms with van der Waals surface area (Å²) in [5, 5.41) is 12.8.